The molecule has 0 aromatic carbocycles. The number of hydrogen-bond donors (Lipinski definition) is 1. The first kappa shape index (κ1) is 16.8. The van der Waals surface area contributed by atoms with Gasteiger partial charge in [0.25, 0.3) is 0 Å². The maximum atomic E-state index is 5.63. The zero-order chi connectivity index (χ0) is 16.2. The summed E-state index contributed by atoms with van der Waals surface area (Å²) >= 11 is 0. The molecule has 0 radical (unpaired) electrons. The number of likely N-dealkylation sites (tertiary alicyclic amines) is 1. The van der Waals surface area contributed by atoms with Gasteiger partial charge < -0.3 is 14.6 Å². The van der Waals surface area contributed by atoms with Gasteiger partial charge in [-0.1, -0.05) is 20.3 Å². The Morgan fingerprint density at radius 2 is 2.23 bits per heavy atom. The lowest BCUT2D eigenvalue weighted by Gasteiger charge is -2.41. The van der Waals surface area contributed by atoms with Crippen LogP contribution in [0.3, 0.4) is 0 Å². The molecule has 0 spiro atoms. The molecular weight excluding hydrogens is 276 g/mol. The predicted octanol–water partition coefficient (Wildman–Crippen LogP) is 3.27. The summed E-state index contributed by atoms with van der Waals surface area (Å²) in [5.41, 5.74) is 1.36. The minimum Gasteiger partial charge on any atom is -0.444 e. The van der Waals surface area contributed by atoms with Gasteiger partial charge in [0.1, 0.15) is 5.76 Å². The van der Waals surface area contributed by atoms with Crippen LogP contribution in [-0.4, -0.2) is 36.0 Å². The van der Waals surface area contributed by atoms with Crippen LogP contribution in [0.1, 0.15) is 56.9 Å². The Labute approximate surface area is 134 Å². The number of nitrogens with zero attached hydrogens (tertiary/aromatic N) is 3. The fourth-order valence-electron chi connectivity index (χ4n) is 3.41. The van der Waals surface area contributed by atoms with Crippen molar-refractivity contribution >= 4 is 5.96 Å². The molecule has 22 heavy (non-hydrogen) atoms. The molecular formula is C17H30N4O. The lowest BCUT2D eigenvalue weighted by Crippen LogP contribution is -2.49. The van der Waals surface area contributed by atoms with Crippen LogP contribution in [0.15, 0.2) is 9.41 Å². The lowest BCUT2D eigenvalue weighted by molar-refractivity contribution is 0.142. The van der Waals surface area contributed by atoms with Crippen molar-refractivity contribution in [3.8, 4) is 0 Å². The highest BCUT2D eigenvalue weighted by Gasteiger charge is 2.31. The molecule has 0 saturated carbocycles. The summed E-state index contributed by atoms with van der Waals surface area (Å²) in [5, 5.41) is 3.40. The Balaban J connectivity index is 1.96. The number of piperidine rings is 1. The largest absolute Gasteiger partial charge is 0.444 e. The second kappa shape index (κ2) is 7.16. The number of aliphatic imine (C=N–C) groups is 1. The van der Waals surface area contributed by atoms with E-state index in [4.69, 9.17) is 4.42 Å². The first-order valence-corrected chi connectivity index (χ1v) is 8.36. The van der Waals surface area contributed by atoms with E-state index >= 15 is 0 Å². The van der Waals surface area contributed by atoms with Gasteiger partial charge in [-0.05, 0) is 38.5 Å². The van der Waals surface area contributed by atoms with Crippen molar-refractivity contribution in [2.24, 2.45) is 10.4 Å². The van der Waals surface area contributed by atoms with E-state index in [1.807, 2.05) is 20.9 Å². The van der Waals surface area contributed by atoms with Gasteiger partial charge in [-0.15, -0.1) is 0 Å². The monoisotopic (exact) mass is 306 g/mol. The van der Waals surface area contributed by atoms with Crippen molar-refractivity contribution in [2.45, 2.75) is 59.9 Å². The third-order valence-electron chi connectivity index (χ3n) is 4.62. The van der Waals surface area contributed by atoms with Gasteiger partial charge >= 0.3 is 0 Å². The molecule has 0 amide bonds. The van der Waals surface area contributed by atoms with Crippen LogP contribution in [-0.2, 0) is 6.54 Å². The highest BCUT2D eigenvalue weighted by atomic mass is 16.4. The van der Waals surface area contributed by atoms with E-state index in [0.717, 1.165) is 36.4 Å². The van der Waals surface area contributed by atoms with Crippen molar-refractivity contribution in [3.63, 3.8) is 0 Å². The Bertz CT molecular complexity index is 499. The molecule has 0 bridgehead atoms. The highest BCUT2D eigenvalue weighted by Crippen LogP contribution is 2.33. The van der Waals surface area contributed by atoms with Crippen molar-refractivity contribution in [1.29, 1.82) is 0 Å². The second-order valence-corrected chi connectivity index (χ2v) is 6.74. The van der Waals surface area contributed by atoms with Crippen molar-refractivity contribution in [3.05, 3.63) is 17.3 Å². The molecule has 124 valence electrons. The van der Waals surface area contributed by atoms with Gasteiger partial charge in [0, 0.05) is 20.1 Å². The minimum atomic E-state index is 0.404. The topological polar surface area (TPSA) is 53.7 Å². The number of aryl methyl sites for hydroxylation is 2. The van der Waals surface area contributed by atoms with Crippen LogP contribution in [0.25, 0.3) is 0 Å². The average molecular weight is 306 g/mol. The Morgan fingerprint density at radius 3 is 2.82 bits per heavy atom. The summed E-state index contributed by atoms with van der Waals surface area (Å²) in [6.45, 7) is 11.3. The lowest BCUT2D eigenvalue weighted by atomic mass is 9.78. The molecule has 0 aliphatic carbocycles. The number of nitrogens with one attached hydrogen (secondary N) is 1. The van der Waals surface area contributed by atoms with E-state index in [1.165, 1.54) is 25.7 Å². The molecule has 1 atom stereocenters. The quantitative estimate of drug-likeness (QED) is 0.685. The first-order chi connectivity index (χ1) is 10.5. The number of rotatable bonds is 4. The highest BCUT2D eigenvalue weighted by molar-refractivity contribution is 5.79. The maximum absolute atomic E-state index is 5.63. The molecule has 5 heteroatoms. The molecule has 1 N–H and O–H groups in total. The zero-order valence-corrected chi connectivity index (χ0v) is 14.7. The standard InChI is InChI=1S/C17H30N4O/c1-6-8-17(4)9-7-10-21(12-17)16(18-5)19-11-15-20-13(2)14(3)22-15/h6-12H2,1-5H3,(H,18,19). The average Bonchev–Trinajstić information content (AvgIpc) is 2.78. The third-order valence-corrected chi connectivity index (χ3v) is 4.62. The van der Waals surface area contributed by atoms with E-state index in [-0.39, 0.29) is 0 Å². The summed E-state index contributed by atoms with van der Waals surface area (Å²) < 4.78 is 5.63. The molecule has 1 aliphatic rings. The SMILES string of the molecule is CCCC1(C)CCCN(C(=NC)NCc2nc(C)c(C)o2)C1. The maximum Gasteiger partial charge on any atom is 0.214 e. The smallest absolute Gasteiger partial charge is 0.214 e. The summed E-state index contributed by atoms with van der Waals surface area (Å²) in [5.74, 6) is 2.57. The first-order valence-electron chi connectivity index (χ1n) is 8.36. The van der Waals surface area contributed by atoms with Gasteiger partial charge in [0.2, 0.25) is 5.89 Å². The van der Waals surface area contributed by atoms with Gasteiger partial charge in [-0.2, -0.15) is 0 Å². The molecule has 1 aromatic heterocycles. The normalized spacial score (nSPS) is 23.0. The Morgan fingerprint density at radius 1 is 1.45 bits per heavy atom. The number of hydrogen-bond acceptors (Lipinski definition) is 3. The number of oxazole rings is 1. The van der Waals surface area contributed by atoms with E-state index in [2.05, 4.69) is 34.0 Å². The number of aromatic nitrogens is 1. The van der Waals surface area contributed by atoms with Gasteiger partial charge in [0.05, 0.1) is 12.2 Å². The minimum absolute atomic E-state index is 0.404. The Hall–Kier alpha value is -1.52. The predicted molar refractivity (Wildman–Crippen MR) is 90.0 cm³/mol. The molecule has 2 rings (SSSR count). The molecule has 1 saturated heterocycles. The third kappa shape index (κ3) is 4.02. The van der Waals surface area contributed by atoms with Gasteiger partial charge in [0.15, 0.2) is 5.96 Å². The van der Waals surface area contributed by atoms with Crippen LogP contribution in [0.2, 0.25) is 0 Å². The molecule has 1 aliphatic heterocycles. The second-order valence-electron chi connectivity index (χ2n) is 6.74. The molecule has 1 unspecified atom stereocenters. The fraction of sp³-hybridized carbons (Fsp3) is 0.765. The van der Waals surface area contributed by atoms with E-state index in [9.17, 15) is 0 Å². The molecule has 1 aromatic rings. The number of guanidine groups is 1. The fourth-order valence-corrected chi connectivity index (χ4v) is 3.41. The van der Waals surface area contributed by atoms with Gasteiger partial charge in [-0.25, -0.2) is 4.98 Å². The van der Waals surface area contributed by atoms with Crippen molar-refractivity contribution in [2.75, 3.05) is 20.1 Å². The van der Waals surface area contributed by atoms with Crippen molar-refractivity contribution in [1.82, 2.24) is 15.2 Å². The zero-order valence-electron chi connectivity index (χ0n) is 14.7. The van der Waals surface area contributed by atoms with E-state index < -0.39 is 0 Å². The summed E-state index contributed by atoms with van der Waals surface area (Å²) in [7, 11) is 1.85. The van der Waals surface area contributed by atoms with Crippen molar-refractivity contribution < 1.29 is 4.42 Å². The van der Waals surface area contributed by atoms with Crippen LogP contribution in [0.4, 0.5) is 0 Å². The summed E-state index contributed by atoms with van der Waals surface area (Å²) in [6.07, 6.45) is 5.06. The molecule has 1 fully saturated rings. The van der Waals surface area contributed by atoms with E-state index in [0.29, 0.717) is 12.0 Å². The van der Waals surface area contributed by atoms with Crippen LogP contribution >= 0.6 is 0 Å². The van der Waals surface area contributed by atoms with Gasteiger partial charge in [-0.3, -0.25) is 4.99 Å². The van der Waals surface area contributed by atoms with E-state index in [1.54, 1.807) is 0 Å². The summed E-state index contributed by atoms with van der Waals surface area (Å²) in [4.78, 5) is 11.2. The Kier molecular flexibility index (Phi) is 5.48. The summed E-state index contributed by atoms with van der Waals surface area (Å²) in [6, 6.07) is 0. The molecule has 5 nitrogen and oxygen atoms in total. The van der Waals surface area contributed by atoms with Crippen LogP contribution in [0, 0.1) is 19.3 Å². The van der Waals surface area contributed by atoms with Crippen LogP contribution in [0.5, 0.6) is 0 Å². The molecule has 2 heterocycles. The van der Waals surface area contributed by atoms with Crippen LogP contribution < -0.4 is 5.32 Å².